The summed E-state index contributed by atoms with van der Waals surface area (Å²) in [5, 5.41) is 3.33. The number of nitrogens with one attached hydrogen (secondary N) is 1. The minimum Gasteiger partial charge on any atom is -0.351 e. The lowest BCUT2D eigenvalue weighted by molar-refractivity contribution is 0.259. The number of rotatable bonds is 1. The molecule has 18 heavy (non-hydrogen) atoms. The molecule has 3 nitrogen and oxygen atoms in total. The van der Waals surface area contributed by atoms with Crippen LogP contribution in [0.15, 0.2) is 36.4 Å². The highest BCUT2D eigenvalue weighted by atomic mass is 35.5. The van der Waals surface area contributed by atoms with Crippen LogP contribution in [0.3, 0.4) is 0 Å². The van der Waals surface area contributed by atoms with E-state index in [0.29, 0.717) is 0 Å². The second-order valence-corrected chi connectivity index (χ2v) is 4.78. The van der Waals surface area contributed by atoms with E-state index >= 15 is 0 Å². The SMILES string of the molecule is NC(=O)Nc1ccc2c(c1)Cc1cc(Cl)ccc1-2. The lowest BCUT2D eigenvalue weighted by Crippen LogP contribution is -2.19. The first-order valence-electron chi connectivity index (χ1n) is 5.61. The molecule has 4 heteroatoms. The number of anilines is 1. The van der Waals surface area contributed by atoms with Crippen molar-refractivity contribution in [1.82, 2.24) is 0 Å². The number of fused-ring (bicyclic) bond motifs is 3. The Morgan fingerprint density at radius 2 is 1.78 bits per heavy atom. The number of halogens is 1. The van der Waals surface area contributed by atoms with Gasteiger partial charge in [0.2, 0.25) is 0 Å². The summed E-state index contributed by atoms with van der Waals surface area (Å²) in [5.41, 5.74) is 10.6. The first-order chi connectivity index (χ1) is 8.63. The molecule has 0 radical (unpaired) electrons. The van der Waals surface area contributed by atoms with Crippen LogP contribution < -0.4 is 11.1 Å². The molecule has 0 bridgehead atoms. The van der Waals surface area contributed by atoms with Gasteiger partial charge in [-0.2, -0.15) is 0 Å². The fourth-order valence-corrected chi connectivity index (χ4v) is 2.59. The Morgan fingerprint density at radius 3 is 2.50 bits per heavy atom. The van der Waals surface area contributed by atoms with Crippen LogP contribution in [-0.4, -0.2) is 6.03 Å². The molecule has 2 aromatic carbocycles. The highest BCUT2D eigenvalue weighted by Crippen LogP contribution is 2.38. The van der Waals surface area contributed by atoms with Crippen LogP contribution in [0.1, 0.15) is 11.1 Å². The summed E-state index contributed by atoms with van der Waals surface area (Å²) in [4.78, 5) is 10.8. The van der Waals surface area contributed by atoms with Gasteiger partial charge in [-0.15, -0.1) is 0 Å². The van der Waals surface area contributed by atoms with Crippen LogP contribution in [0.25, 0.3) is 11.1 Å². The molecule has 3 rings (SSSR count). The van der Waals surface area contributed by atoms with Gasteiger partial charge in [-0.1, -0.05) is 23.7 Å². The highest BCUT2D eigenvalue weighted by molar-refractivity contribution is 6.30. The average molecular weight is 259 g/mol. The normalized spacial score (nSPS) is 11.8. The van der Waals surface area contributed by atoms with Crippen molar-refractivity contribution < 1.29 is 4.79 Å². The molecule has 2 amide bonds. The molecular formula is C14H11ClN2O. The third kappa shape index (κ3) is 1.83. The van der Waals surface area contributed by atoms with E-state index in [1.807, 2.05) is 36.4 Å². The average Bonchev–Trinajstić information content (AvgIpc) is 2.64. The molecule has 90 valence electrons. The Hall–Kier alpha value is -2.00. The van der Waals surface area contributed by atoms with Crippen molar-refractivity contribution in [3.8, 4) is 11.1 Å². The van der Waals surface area contributed by atoms with Gasteiger partial charge in [-0.3, -0.25) is 0 Å². The molecule has 0 fully saturated rings. The largest absolute Gasteiger partial charge is 0.351 e. The number of hydrogen-bond acceptors (Lipinski definition) is 1. The fourth-order valence-electron chi connectivity index (χ4n) is 2.40. The van der Waals surface area contributed by atoms with Crippen LogP contribution in [0, 0.1) is 0 Å². The molecule has 0 aliphatic heterocycles. The molecule has 0 unspecified atom stereocenters. The van der Waals surface area contributed by atoms with Crippen LogP contribution in [0.4, 0.5) is 10.5 Å². The van der Waals surface area contributed by atoms with E-state index in [2.05, 4.69) is 5.32 Å². The standard InChI is InChI=1S/C14H11ClN2O/c15-10-1-3-12-8(6-10)5-9-7-11(17-14(16)18)2-4-13(9)12/h1-4,6-7H,5H2,(H3,16,17,18). The van der Waals surface area contributed by atoms with Crippen LogP contribution in [0.2, 0.25) is 5.02 Å². The molecule has 0 heterocycles. The molecule has 0 aromatic heterocycles. The summed E-state index contributed by atoms with van der Waals surface area (Å²) in [6.07, 6.45) is 0.833. The van der Waals surface area contributed by atoms with E-state index in [-0.39, 0.29) is 0 Å². The monoisotopic (exact) mass is 258 g/mol. The summed E-state index contributed by atoms with van der Waals surface area (Å²) in [7, 11) is 0. The molecule has 0 saturated carbocycles. The van der Waals surface area contributed by atoms with Crippen molar-refractivity contribution in [2.24, 2.45) is 5.73 Å². The van der Waals surface area contributed by atoms with Crippen molar-refractivity contribution in [1.29, 1.82) is 0 Å². The molecule has 1 aliphatic carbocycles. The zero-order valence-corrected chi connectivity index (χ0v) is 10.3. The van der Waals surface area contributed by atoms with Crippen molar-refractivity contribution in [2.45, 2.75) is 6.42 Å². The van der Waals surface area contributed by atoms with Gasteiger partial charge < -0.3 is 11.1 Å². The van der Waals surface area contributed by atoms with Crippen LogP contribution in [-0.2, 0) is 6.42 Å². The van der Waals surface area contributed by atoms with E-state index < -0.39 is 6.03 Å². The number of nitrogens with two attached hydrogens (primary N) is 1. The van der Waals surface area contributed by atoms with Gasteiger partial charge in [0.05, 0.1) is 0 Å². The predicted octanol–water partition coefficient (Wildman–Crippen LogP) is 3.40. The topological polar surface area (TPSA) is 55.1 Å². The second kappa shape index (κ2) is 4.03. The molecule has 1 aliphatic rings. The number of hydrogen-bond donors (Lipinski definition) is 2. The first-order valence-corrected chi connectivity index (χ1v) is 5.99. The van der Waals surface area contributed by atoms with Crippen LogP contribution in [0.5, 0.6) is 0 Å². The Labute approximate surface area is 110 Å². The molecular weight excluding hydrogens is 248 g/mol. The third-order valence-electron chi connectivity index (χ3n) is 3.11. The Morgan fingerprint density at radius 1 is 1.11 bits per heavy atom. The smallest absolute Gasteiger partial charge is 0.316 e. The summed E-state index contributed by atoms with van der Waals surface area (Å²) in [5.74, 6) is 0. The maximum absolute atomic E-state index is 10.8. The third-order valence-corrected chi connectivity index (χ3v) is 3.35. The fraction of sp³-hybridized carbons (Fsp3) is 0.0714. The molecule has 0 spiro atoms. The summed E-state index contributed by atoms with van der Waals surface area (Å²) in [6, 6.07) is 11.2. The Balaban J connectivity index is 2.03. The van der Waals surface area contributed by atoms with Crippen molar-refractivity contribution in [3.63, 3.8) is 0 Å². The van der Waals surface area contributed by atoms with E-state index in [1.54, 1.807) is 0 Å². The number of urea groups is 1. The van der Waals surface area contributed by atoms with E-state index in [4.69, 9.17) is 17.3 Å². The number of benzene rings is 2. The summed E-state index contributed by atoms with van der Waals surface area (Å²) >= 11 is 5.99. The predicted molar refractivity (Wildman–Crippen MR) is 72.9 cm³/mol. The van der Waals surface area contributed by atoms with Gasteiger partial charge in [0.25, 0.3) is 0 Å². The van der Waals surface area contributed by atoms with Gasteiger partial charge in [0, 0.05) is 10.7 Å². The highest BCUT2D eigenvalue weighted by Gasteiger charge is 2.18. The zero-order chi connectivity index (χ0) is 12.7. The van der Waals surface area contributed by atoms with Crippen LogP contribution >= 0.6 is 11.6 Å². The van der Waals surface area contributed by atoms with E-state index in [9.17, 15) is 4.79 Å². The summed E-state index contributed by atoms with van der Waals surface area (Å²) in [6.45, 7) is 0. The van der Waals surface area contributed by atoms with Gasteiger partial charge in [0.15, 0.2) is 0 Å². The van der Waals surface area contributed by atoms with Gasteiger partial charge in [-0.05, 0) is 52.9 Å². The zero-order valence-electron chi connectivity index (χ0n) is 9.53. The lowest BCUT2D eigenvalue weighted by atomic mass is 10.1. The maximum atomic E-state index is 10.8. The molecule has 2 aromatic rings. The molecule has 0 atom stereocenters. The van der Waals surface area contributed by atoms with Crippen molar-refractivity contribution >= 4 is 23.3 Å². The van der Waals surface area contributed by atoms with E-state index in [1.165, 1.54) is 22.3 Å². The first kappa shape index (κ1) is 11.1. The number of carbonyl (C=O) groups excluding carboxylic acids is 1. The van der Waals surface area contributed by atoms with Crippen molar-refractivity contribution in [3.05, 3.63) is 52.5 Å². The van der Waals surface area contributed by atoms with Gasteiger partial charge in [-0.25, -0.2) is 4.79 Å². The number of primary amides is 1. The maximum Gasteiger partial charge on any atom is 0.316 e. The Kier molecular flexibility index (Phi) is 2.49. The molecule has 0 saturated heterocycles. The quantitative estimate of drug-likeness (QED) is 0.691. The van der Waals surface area contributed by atoms with Gasteiger partial charge >= 0.3 is 6.03 Å². The number of amides is 2. The Bertz CT molecular complexity index is 652. The second-order valence-electron chi connectivity index (χ2n) is 4.34. The van der Waals surface area contributed by atoms with Gasteiger partial charge in [0.1, 0.15) is 0 Å². The van der Waals surface area contributed by atoms with Crippen molar-refractivity contribution in [2.75, 3.05) is 5.32 Å². The summed E-state index contributed by atoms with van der Waals surface area (Å²) < 4.78 is 0. The minimum absolute atomic E-state index is 0.548. The lowest BCUT2D eigenvalue weighted by Gasteiger charge is -2.05. The molecule has 3 N–H and O–H groups in total. The van der Waals surface area contributed by atoms with E-state index in [0.717, 1.165) is 17.1 Å². The number of carbonyl (C=O) groups is 1. The minimum atomic E-state index is -0.548.